The summed E-state index contributed by atoms with van der Waals surface area (Å²) in [5.41, 5.74) is -0.144. The van der Waals surface area contributed by atoms with Crippen molar-refractivity contribution in [2.24, 2.45) is 18.9 Å². The lowest BCUT2D eigenvalue weighted by Gasteiger charge is -2.40. The van der Waals surface area contributed by atoms with E-state index < -0.39 is 17.6 Å². The number of hydrogen-bond acceptors (Lipinski definition) is 6. The lowest BCUT2D eigenvalue weighted by molar-refractivity contribution is -0.137. The van der Waals surface area contributed by atoms with Gasteiger partial charge in [0.15, 0.2) is 0 Å². The summed E-state index contributed by atoms with van der Waals surface area (Å²) < 4.78 is 48.0. The number of nitrogens with one attached hydrogen (secondary N) is 1. The number of carbonyl (C=O) groups excluding carboxylic acids is 1. The molecule has 3 aromatic heterocycles. The van der Waals surface area contributed by atoms with E-state index in [0.717, 1.165) is 32.3 Å². The Hall–Kier alpha value is -3.47. The number of ether oxygens (including phenoxy) is 1. The summed E-state index contributed by atoms with van der Waals surface area (Å²) in [5.74, 6) is 0.810. The summed E-state index contributed by atoms with van der Waals surface area (Å²) in [4.78, 5) is 23.3. The number of aromatic nitrogens is 4. The van der Waals surface area contributed by atoms with Crippen LogP contribution in [0.15, 0.2) is 42.9 Å². The van der Waals surface area contributed by atoms with Gasteiger partial charge >= 0.3 is 6.18 Å². The minimum atomic E-state index is -4.67. The average Bonchev–Trinajstić information content (AvgIpc) is 3.24. The SMILES string of the molecule is Cn1cc(-c2cccc(C(=O)Nc3cc(N4CCC(C5COC5)CC4)ncc3C(F)(F)F)n2)cn1. The third-order valence-electron chi connectivity index (χ3n) is 6.62. The molecule has 2 saturated heterocycles. The molecule has 35 heavy (non-hydrogen) atoms. The molecule has 2 fully saturated rings. The molecule has 0 unspecified atom stereocenters. The molecule has 1 amide bonds. The van der Waals surface area contributed by atoms with Gasteiger partial charge < -0.3 is 15.0 Å². The van der Waals surface area contributed by atoms with Crippen LogP contribution in [0.25, 0.3) is 11.3 Å². The number of piperidine rings is 1. The van der Waals surface area contributed by atoms with Crippen LogP contribution in [0, 0.1) is 11.8 Å². The maximum Gasteiger partial charge on any atom is 0.419 e. The predicted octanol–water partition coefficient (Wildman–Crippen LogP) is 4.01. The van der Waals surface area contributed by atoms with Crippen LogP contribution in [-0.2, 0) is 18.0 Å². The first kappa shape index (κ1) is 23.3. The Balaban J connectivity index is 1.36. The molecular formula is C24H25F3N6O2. The van der Waals surface area contributed by atoms with Gasteiger partial charge in [-0.15, -0.1) is 0 Å². The summed E-state index contributed by atoms with van der Waals surface area (Å²) in [6, 6.07) is 6.10. The van der Waals surface area contributed by atoms with E-state index in [-0.39, 0.29) is 11.4 Å². The van der Waals surface area contributed by atoms with Gasteiger partial charge in [-0.2, -0.15) is 18.3 Å². The number of pyridine rings is 2. The largest absolute Gasteiger partial charge is 0.419 e. The van der Waals surface area contributed by atoms with Crippen molar-refractivity contribution in [3.63, 3.8) is 0 Å². The first-order chi connectivity index (χ1) is 16.8. The van der Waals surface area contributed by atoms with Gasteiger partial charge in [-0.1, -0.05) is 6.07 Å². The molecule has 0 radical (unpaired) electrons. The first-order valence-electron chi connectivity index (χ1n) is 11.5. The average molecular weight is 486 g/mol. The maximum absolute atomic E-state index is 13.7. The molecule has 5 heterocycles. The second-order valence-electron chi connectivity index (χ2n) is 8.97. The highest BCUT2D eigenvalue weighted by Gasteiger charge is 2.36. The molecule has 8 nitrogen and oxygen atoms in total. The quantitative estimate of drug-likeness (QED) is 0.587. The Bertz CT molecular complexity index is 1220. The van der Waals surface area contributed by atoms with Crippen molar-refractivity contribution in [2.75, 3.05) is 36.5 Å². The van der Waals surface area contributed by atoms with Gasteiger partial charge in [0.1, 0.15) is 11.5 Å². The Kier molecular flexibility index (Phi) is 6.18. The van der Waals surface area contributed by atoms with Crippen molar-refractivity contribution in [1.82, 2.24) is 19.7 Å². The molecule has 0 aliphatic carbocycles. The van der Waals surface area contributed by atoms with Crippen molar-refractivity contribution in [2.45, 2.75) is 19.0 Å². The van der Waals surface area contributed by atoms with Crippen molar-refractivity contribution < 1.29 is 22.7 Å². The van der Waals surface area contributed by atoms with Crippen LogP contribution in [0.2, 0.25) is 0 Å². The number of hydrogen-bond donors (Lipinski definition) is 1. The molecular weight excluding hydrogens is 461 g/mol. The van der Waals surface area contributed by atoms with Crippen molar-refractivity contribution in [3.8, 4) is 11.3 Å². The summed E-state index contributed by atoms with van der Waals surface area (Å²) in [7, 11) is 1.75. The van der Waals surface area contributed by atoms with Gasteiger partial charge in [-0.3, -0.25) is 9.48 Å². The van der Waals surface area contributed by atoms with Crippen LogP contribution < -0.4 is 10.2 Å². The number of rotatable bonds is 5. The van der Waals surface area contributed by atoms with Crippen LogP contribution in [-0.4, -0.2) is 52.0 Å². The Labute approximate surface area is 200 Å². The molecule has 2 aliphatic rings. The second-order valence-corrected chi connectivity index (χ2v) is 8.97. The van der Waals surface area contributed by atoms with Gasteiger partial charge in [0.2, 0.25) is 0 Å². The summed E-state index contributed by atoms with van der Waals surface area (Å²) in [5, 5.41) is 6.50. The van der Waals surface area contributed by atoms with Crippen LogP contribution >= 0.6 is 0 Å². The van der Waals surface area contributed by atoms with Crippen LogP contribution in [0.5, 0.6) is 0 Å². The summed E-state index contributed by atoms with van der Waals surface area (Å²) in [6.07, 6.45) is 1.32. The van der Waals surface area contributed by atoms with Crippen molar-refractivity contribution >= 4 is 17.4 Å². The molecule has 184 valence electrons. The molecule has 0 saturated carbocycles. The van der Waals surface area contributed by atoms with Gasteiger partial charge in [0.05, 0.1) is 36.4 Å². The fourth-order valence-corrected chi connectivity index (χ4v) is 4.53. The molecule has 0 aromatic carbocycles. The molecule has 5 rings (SSSR count). The van der Waals surface area contributed by atoms with E-state index in [9.17, 15) is 18.0 Å². The van der Waals surface area contributed by atoms with Gasteiger partial charge in [0.25, 0.3) is 5.91 Å². The third kappa shape index (κ3) is 5.00. The first-order valence-corrected chi connectivity index (χ1v) is 11.5. The topological polar surface area (TPSA) is 85.2 Å². The molecule has 0 bridgehead atoms. The number of alkyl halides is 3. The zero-order valence-electron chi connectivity index (χ0n) is 19.1. The van der Waals surface area contributed by atoms with E-state index in [4.69, 9.17) is 4.74 Å². The number of aryl methyl sites for hydroxylation is 1. The van der Waals surface area contributed by atoms with E-state index >= 15 is 0 Å². The number of halogens is 3. The van der Waals surface area contributed by atoms with Crippen LogP contribution in [0.3, 0.4) is 0 Å². The zero-order valence-corrected chi connectivity index (χ0v) is 19.1. The highest BCUT2D eigenvalue weighted by Crippen LogP contribution is 2.37. The summed E-state index contributed by atoms with van der Waals surface area (Å²) >= 11 is 0. The Morgan fingerprint density at radius 1 is 1.14 bits per heavy atom. The fraction of sp³-hybridized carbons (Fsp3) is 0.417. The van der Waals surface area contributed by atoms with E-state index in [1.165, 1.54) is 12.1 Å². The van der Waals surface area contributed by atoms with Gasteiger partial charge in [0, 0.05) is 50.1 Å². The van der Waals surface area contributed by atoms with E-state index in [0.29, 0.717) is 42.0 Å². The predicted molar refractivity (Wildman–Crippen MR) is 123 cm³/mol. The highest BCUT2D eigenvalue weighted by molar-refractivity contribution is 6.03. The Morgan fingerprint density at radius 2 is 1.91 bits per heavy atom. The molecule has 0 atom stereocenters. The standard InChI is InChI=1S/C24H25F3N6O2/c1-32-12-16(10-29-32)19-3-2-4-20(30-19)23(34)31-21-9-22(28-11-18(21)24(25,26)27)33-7-5-15(6-8-33)17-13-35-14-17/h2-4,9-12,15,17H,5-8,13-14H2,1H3,(H,28,31,34). The van der Waals surface area contributed by atoms with E-state index in [2.05, 4.69) is 20.4 Å². The molecule has 0 spiro atoms. The lowest BCUT2D eigenvalue weighted by atomic mass is 9.83. The Morgan fingerprint density at radius 3 is 2.54 bits per heavy atom. The van der Waals surface area contributed by atoms with Gasteiger partial charge in [-0.05, 0) is 30.9 Å². The lowest BCUT2D eigenvalue weighted by Crippen LogP contribution is -2.42. The number of carbonyl (C=O) groups is 1. The smallest absolute Gasteiger partial charge is 0.381 e. The minimum absolute atomic E-state index is 0.00127. The van der Waals surface area contributed by atoms with E-state index in [1.54, 1.807) is 36.3 Å². The maximum atomic E-state index is 13.7. The number of nitrogens with zero attached hydrogens (tertiary/aromatic N) is 5. The van der Waals surface area contributed by atoms with Crippen LogP contribution in [0.1, 0.15) is 28.9 Å². The van der Waals surface area contributed by atoms with Crippen molar-refractivity contribution in [1.29, 1.82) is 0 Å². The third-order valence-corrected chi connectivity index (χ3v) is 6.62. The van der Waals surface area contributed by atoms with E-state index in [1.807, 2.05) is 4.90 Å². The zero-order chi connectivity index (χ0) is 24.6. The number of amides is 1. The minimum Gasteiger partial charge on any atom is -0.381 e. The molecule has 2 aliphatic heterocycles. The van der Waals surface area contributed by atoms with Crippen LogP contribution in [0.4, 0.5) is 24.7 Å². The van der Waals surface area contributed by atoms with Gasteiger partial charge in [-0.25, -0.2) is 9.97 Å². The monoisotopic (exact) mass is 486 g/mol. The number of anilines is 2. The van der Waals surface area contributed by atoms with Crippen molar-refractivity contribution in [3.05, 3.63) is 54.1 Å². The normalized spacial score (nSPS) is 17.3. The highest BCUT2D eigenvalue weighted by atomic mass is 19.4. The molecule has 3 aromatic rings. The fourth-order valence-electron chi connectivity index (χ4n) is 4.53. The second kappa shape index (κ2) is 9.29. The molecule has 11 heteroatoms. The molecule has 1 N–H and O–H groups in total. The summed E-state index contributed by atoms with van der Waals surface area (Å²) in [6.45, 7) is 2.97.